The average molecular weight is 438 g/mol. The third-order valence-electron chi connectivity index (χ3n) is 4.89. The van der Waals surface area contributed by atoms with Crippen LogP contribution in [0.3, 0.4) is 0 Å². The summed E-state index contributed by atoms with van der Waals surface area (Å²) in [5.74, 6) is 0.369. The molecule has 156 valence electrons. The molecule has 8 nitrogen and oxygen atoms in total. The predicted octanol–water partition coefficient (Wildman–Crippen LogP) is 2.96. The molecule has 0 fully saturated rings. The highest BCUT2D eigenvalue weighted by Crippen LogP contribution is 2.39. The standard InChI is InChI=1S/C18H15ClF3N7O/c1-28(13-6-23-4-2-11(13)18(20,21)22)16-10-3-5-29(8-12(10)24-9-25-16)14-7-26-27-17(30)15(14)19/h2,4,6-7,9H,3,5,8H2,1H3,(H,27,30). The van der Waals surface area contributed by atoms with Crippen LogP contribution in [0.25, 0.3) is 0 Å². The lowest BCUT2D eigenvalue weighted by Gasteiger charge is -2.32. The summed E-state index contributed by atoms with van der Waals surface area (Å²) in [6.45, 7) is 0.772. The molecule has 3 aromatic heterocycles. The van der Waals surface area contributed by atoms with Crippen molar-refractivity contribution >= 4 is 28.8 Å². The lowest BCUT2D eigenvalue weighted by atomic mass is 10.0. The van der Waals surface area contributed by atoms with Gasteiger partial charge in [0.25, 0.3) is 5.56 Å². The second-order valence-corrected chi connectivity index (χ2v) is 7.02. The van der Waals surface area contributed by atoms with Crippen LogP contribution >= 0.6 is 11.6 Å². The molecule has 0 aromatic carbocycles. The fourth-order valence-electron chi connectivity index (χ4n) is 3.43. The molecule has 0 unspecified atom stereocenters. The van der Waals surface area contributed by atoms with Crippen molar-refractivity contribution in [1.82, 2.24) is 25.1 Å². The minimum atomic E-state index is -4.53. The highest BCUT2D eigenvalue weighted by Gasteiger charge is 2.35. The molecule has 1 N–H and O–H groups in total. The average Bonchev–Trinajstić information content (AvgIpc) is 2.74. The van der Waals surface area contributed by atoms with Crippen molar-refractivity contribution in [1.29, 1.82) is 0 Å². The first kappa shape index (κ1) is 20.1. The first-order chi connectivity index (χ1) is 14.3. The number of nitrogens with zero attached hydrogens (tertiary/aromatic N) is 6. The Morgan fingerprint density at radius 2 is 2.07 bits per heavy atom. The van der Waals surface area contributed by atoms with E-state index in [-0.39, 0.29) is 10.7 Å². The third kappa shape index (κ3) is 3.56. The molecular weight excluding hydrogens is 423 g/mol. The summed E-state index contributed by atoms with van der Waals surface area (Å²) < 4.78 is 40.3. The van der Waals surface area contributed by atoms with Gasteiger partial charge in [0.15, 0.2) is 0 Å². The molecule has 0 spiro atoms. The van der Waals surface area contributed by atoms with Crippen LogP contribution in [-0.2, 0) is 19.1 Å². The van der Waals surface area contributed by atoms with Crippen LogP contribution in [0.15, 0.2) is 35.8 Å². The number of hydrogen-bond donors (Lipinski definition) is 1. The summed E-state index contributed by atoms with van der Waals surface area (Å²) in [5, 5.41) is 6.06. The van der Waals surface area contributed by atoms with E-state index in [4.69, 9.17) is 11.6 Å². The van der Waals surface area contributed by atoms with E-state index in [0.717, 1.165) is 24.0 Å². The normalized spacial score (nSPS) is 13.8. The van der Waals surface area contributed by atoms with Crippen LogP contribution in [-0.4, -0.2) is 38.7 Å². The van der Waals surface area contributed by atoms with Gasteiger partial charge in [0.05, 0.1) is 41.6 Å². The molecule has 0 aliphatic carbocycles. The molecule has 0 radical (unpaired) electrons. The Bertz CT molecular complexity index is 1150. The van der Waals surface area contributed by atoms with Crippen molar-refractivity contribution in [3.63, 3.8) is 0 Å². The Labute approximate surface area is 173 Å². The summed E-state index contributed by atoms with van der Waals surface area (Å²) >= 11 is 6.10. The number of hydrogen-bond acceptors (Lipinski definition) is 7. The number of halogens is 4. The molecule has 3 aromatic rings. The van der Waals surface area contributed by atoms with Crippen LogP contribution < -0.4 is 15.4 Å². The largest absolute Gasteiger partial charge is 0.418 e. The maximum absolute atomic E-state index is 13.4. The molecule has 0 amide bonds. The summed E-state index contributed by atoms with van der Waals surface area (Å²) in [4.78, 5) is 27.3. The van der Waals surface area contributed by atoms with E-state index in [1.807, 2.05) is 4.90 Å². The molecule has 4 heterocycles. The van der Waals surface area contributed by atoms with E-state index < -0.39 is 17.3 Å². The van der Waals surface area contributed by atoms with Crippen LogP contribution in [0.5, 0.6) is 0 Å². The molecule has 0 atom stereocenters. The second kappa shape index (κ2) is 7.56. The summed E-state index contributed by atoms with van der Waals surface area (Å²) in [7, 11) is 1.51. The maximum atomic E-state index is 13.4. The number of rotatable bonds is 3. The smallest absolute Gasteiger partial charge is 0.363 e. The van der Waals surface area contributed by atoms with Gasteiger partial charge in [0.1, 0.15) is 17.2 Å². The summed E-state index contributed by atoms with van der Waals surface area (Å²) in [6.07, 6.45) is 0.936. The Morgan fingerprint density at radius 1 is 1.27 bits per heavy atom. The van der Waals surface area contributed by atoms with Crippen molar-refractivity contribution in [2.24, 2.45) is 0 Å². The molecule has 12 heteroatoms. The third-order valence-corrected chi connectivity index (χ3v) is 5.25. The van der Waals surface area contributed by atoms with Gasteiger partial charge in [-0.05, 0) is 12.5 Å². The van der Waals surface area contributed by atoms with E-state index >= 15 is 0 Å². The number of H-pyrrole nitrogens is 1. The molecule has 0 bridgehead atoms. The quantitative estimate of drug-likeness (QED) is 0.673. The lowest BCUT2D eigenvalue weighted by Crippen LogP contribution is -2.34. The summed E-state index contributed by atoms with van der Waals surface area (Å²) in [5.41, 5.74) is 0.418. The van der Waals surface area contributed by atoms with Crippen molar-refractivity contribution in [2.75, 3.05) is 23.4 Å². The van der Waals surface area contributed by atoms with Crippen molar-refractivity contribution in [3.05, 3.63) is 63.2 Å². The van der Waals surface area contributed by atoms with Crippen LogP contribution in [0.2, 0.25) is 5.02 Å². The van der Waals surface area contributed by atoms with Crippen LogP contribution in [0.1, 0.15) is 16.8 Å². The highest BCUT2D eigenvalue weighted by atomic mass is 35.5. The van der Waals surface area contributed by atoms with Gasteiger partial charge >= 0.3 is 6.18 Å². The van der Waals surface area contributed by atoms with Gasteiger partial charge in [-0.25, -0.2) is 15.1 Å². The van der Waals surface area contributed by atoms with E-state index in [0.29, 0.717) is 36.7 Å². The van der Waals surface area contributed by atoms with Crippen molar-refractivity contribution in [2.45, 2.75) is 19.1 Å². The number of fused-ring (bicyclic) bond motifs is 1. The predicted molar refractivity (Wildman–Crippen MR) is 104 cm³/mol. The zero-order valence-electron chi connectivity index (χ0n) is 15.6. The zero-order chi connectivity index (χ0) is 21.5. The van der Waals surface area contributed by atoms with Gasteiger partial charge in [-0.1, -0.05) is 11.6 Å². The molecule has 0 saturated carbocycles. The van der Waals surface area contributed by atoms with Gasteiger partial charge in [-0.2, -0.15) is 18.3 Å². The fraction of sp³-hybridized carbons (Fsp3) is 0.278. The van der Waals surface area contributed by atoms with Gasteiger partial charge in [-0.15, -0.1) is 0 Å². The van der Waals surface area contributed by atoms with E-state index in [1.165, 1.54) is 24.5 Å². The fourth-order valence-corrected chi connectivity index (χ4v) is 3.64. The molecule has 1 aliphatic rings. The Morgan fingerprint density at radius 3 is 2.83 bits per heavy atom. The topological polar surface area (TPSA) is 90.9 Å². The second-order valence-electron chi connectivity index (χ2n) is 6.64. The van der Waals surface area contributed by atoms with E-state index in [2.05, 4.69) is 25.1 Å². The van der Waals surface area contributed by atoms with Crippen LogP contribution in [0.4, 0.5) is 30.4 Å². The minimum absolute atomic E-state index is 0.0185. The van der Waals surface area contributed by atoms with Crippen molar-refractivity contribution in [3.8, 4) is 0 Å². The van der Waals surface area contributed by atoms with Crippen LogP contribution in [0, 0.1) is 0 Å². The highest BCUT2D eigenvalue weighted by molar-refractivity contribution is 6.33. The molecular formula is C18H15ClF3N7O. The Balaban J connectivity index is 1.70. The number of anilines is 3. The van der Waals surface area contributed by atoms with E-state index in [1.54, 1.807) is 0 Å². The molecule has 1 aliphatic heterocycles. The Kier molecular flexibility index (Phi) is 5.06. The first-order valence-electron chi connectivity index (χ1n) is 8.83. The molecule has 4 rings (SSSR count). The molecule has 0 saturated heterocycles. The Hall–Kier alpha value is -3.21. The minimum Gasteiger partial charge on any atom is -0.363 e. The van der Waals surface area contributed by atoms with Gasteiger partial charge < -0.3 is 9.80 Å². The number of aromatic amines is 1. The number of alkyl halides is 3. The number of aromatic nitrogens is 5. The first-order valence-corrected chi connectivity index (χ1v) is 9.21. The van der Waals surface area contributed by atoms with E-state index in [9.17, 15) is 18.0 Å². The summed E-state index contributed by atoms with van der Waals surface area (Å²) in [6, 6.07) is 0.934. The van der Waals surface area contributed by atoms with Gasteiger partial charge in [0, 0.05) is 25.4 Å². The van der Waals surface area contributed by atoms with Crippen molar-refractivity contribution < 1.29 is 13.2 Å². The van der Waals surface area contributed by atoms with Gasteiger partial charge in [0.2, 0.25) is 0 Å². The maximum Gasteiger partial charge on any atom is 0.418 e. The number of pyridine rings is 1. The zero-order valence-corrected chi connectivity index (χ0v) is 16.4. The monoisotopic (exact) mass is 437 g/mol. The molecule has 30 heavy (non-hydrogen) atoms. The SMILES string of the molecule is CN(c1cnccc1C(F)(F)F)c1ncnc2c1CCN(c1cn[nH]c(=O)c1Cl)C2. The lowest BCUT2D eigenvalue weighted by molar-refractivity contribution is -0.137. The van der Waals surface area contributed by atoms with Gasteiger partial charge in [-0.3, -0.25) is 9.78 Å². The number of nitrogens with one attached hydrogen (secondary N) is 1.